The van der Waals surface area contributed by atoms with Crippen LogP contribution in [0.5, 0.6) is 5.75 Å². The normalized spacial score (nSPS) is 14.6. The number of rotatable bonds is 3. The monoisotopic (exact) mass is 204 g/mol. The van der Waals surface area contributed by atoms with Crippen molar-refractivity contribution >= 4 is 16.0 Å². The molecule has 13 heavy (non-hydrogen) atoms. The van der Waals surface area contributed by atoms with Crippen LogP contribution in [-0.2, 0) is 10.3 Å². The maximum absolute atomic E-state index is 10.5. The second-order valence-electron chi connectivity index (χ2n) is 2.17. The average Bonchev–Trinajstić information content (AvgIpc) is 2.02. The summed E-state index contributed by atoms with van der Waals surface area (Å²) < 4.78 is 30.0. The topological polar surface area (TPSA) is 103 Å². The Labute approximate surface area is 75.1 Å². The van der Waals surface area contributed by atoms with Gasteiger partial charge < -0.3 is 4.18 Å². The van der Waals surface area contributed by atoms with Crippen molar-refractivity contribution in [2.45, 2.75) is 0 Å². The van der Waals surface area contributed by atoms with Crippen molar-refractivity contribution in [1.29, 1.82) is 4.78 Å². The molecule has 0 aliphatic carbocycles. The minimum Gasteiger partial charge on any atom is -0.374 e. The van der Waals surface area contributed by atoms with E-state index in [1.54, 1.807) is 17.6 Å². The van der Waals surface area contributed by atoms with E-state index in [-0.39, 0.29) is 11.4 Å². The second-order valence-corrected chi connectivity index (χ2v) is 3.28. The Kier molecular flexibility index (Phi) is 2.71. The molecule has 0 aliphatic heterocycles. The Balaban J connectivity index is 3.01. The molecular formula is C6H8N2O4S. The molecule has 1 aromatic rings. The van der Waals surface area contributed by atoms with Crippen molar-refractivity contribution in [3.05, 3.63) is 24.3 Å². The Morgan fingerprint density at radius 1 is 1.46 bits per heavy atom. The minimum absolute atomic E-state index is 0.0625. The van der Waals surface area contributed by atoms with E-state index in [0.717, 1.165) is 0 Å². The van der Waals surface area contributed by atoms with Crippen LogP contribution in [0.2, 0.25) is 0 Å². The first-order valence-corrected chi connectivity index (χ1v) is 4.67. The molecule has 0 saturated heterocycles. The van der Waals surface area contributed by atoms with Gasteiger partial charge >= 0.3 is 10.3 Å². The number of para-hydroxylation sites is 2. The van der Waals surface area contributed by atoms with Gasteiger partial charge in [0.2, 0.25) is 0 Å². The fourth-order valence-corrected chi connectivity index (χ4v) is 1.14. The van der Waals surface area contributed by atoms with Gasteiger partial charge in [0.15, 0.2) is 5.75 Å². The first-order chi connectivity index (χ1) is 6.03. The summed E-state index contributed by atoms with van der Waals surface area (Å²) in [7, 11) is -4.06. The third-order valence-corrected chi connectivity index (χ3v) is 1.62. The van der Waals surface area contributed by atoms with Crippen LogP contribution in [0, 0.1) is 4.78 Å². The van der Waals surface area contributed by atoms with Crippen molar-refractivity contribution < 1.29 is 18.2 Å². The average molecular weight is 204 g/mol. The van der Waals surface area contributed by atoms with Gasteiger partial charge in [0.1, 0.15) is 5.69 Å². The summed E-state index contributed by atoms with van der Waals surface area (Å²) in [6.07, 6.45) is 0. The van der Waals surface area contributed by atoms with Crippen LogP contribution in [0.4, 0.5) is 5.69 Å². The van der Waals surface area contributed by atoms with Gasteiger partial charge in [0, 0.05) is 0 Å². The molecule has 1 atom stereocenters. The van der Waals surface area contributed by atoms with E-state index < -0.39 is 10.3 Å². The fourth-order valence-electron chi connectivity index (χ4n) is 0.753. The Hall–Kier alpha value is -1.31. The van der Waals surface area contributed by atoms with Crippen molar-refractivity contribution in [2.75, 3.05) is 5.48 Å². The molecule has 0 fully saturated rings. The van der Waals surface area contributed by atoms with E-state index >= 15 is 0 Å². The molecule has 0 aromatic heterocycles. The number of hydrogen-bond donors (Lipinski definition) is 4. The van der Waals surface area contributed by atoms with Gasteiger partial charge in [-0.05, 0) is 12.1 Å². The Morgan fingerprint density at radius 3 is 2.62 bits per heavy atom. The van der Waals surface area contributed by atoms with E-state index in [0.29, 0.717) is 0 Å². The predicted molar refractivity (Wildman–Crippen MR) is 46.0 cm³/mol. The molecule has 4 N–H and O–H groups in total. The highest BCUT2D eigenvalue weighted by Gasteiger charge is 2.06. The Morgan fingerprint density at radius 2 is 2.08 bits per heavy atom. The van der Waals surface area contributed by atoms with Crippen LogP contribution in [0.25, 0.3) is 0 Å². The number of benzene rings is 1. The molecule has 0 heterocycles. The van der Waals surface area contributed by atoms with Gasteiger partial charge in [-0.3, -0.25) is 15.2 Å². The largest absolute Gasteiger partial charge is 0.374 e. The first-order valence-electron chi connectivity index (χ1n) is 3.23. The molecule has 0 spiro atoms. The molecule has 0 bridgehead atoms. The molecular weight excluding hydrogens is 196 g/mol. The van der Waals surface area contributed by atoms with Crippen LogP contribution < -0.4 is 9.66 Å². The van der Waals surface area contributed by atoms with Crippen molar-refractivity contribution in [1.82, 2.24) is 0 Å². The van der Waals surface area contributed by atoms with Crippen molar-refractivity contribution in [3.63, 3.8) is 0 Å². The lowest BCUT2D eigenvalue weighted by Crippen LogP contribution is -2.06. The molecule has 1 unspecified atom stereocenters. The molecule has 1 aromatic carbocycles. The molecule has 0 radical (unpaired) electrons. The zero-order chi connectivity index (χ0) is 9.90. The third kappa shape index (κ3) is 2.90. The summed E-state index contributed by atoms with van der Waals surface area (Å²) in [4.78, 5) is 0. The maximum Gasteiger partial charge on any atom is 0.334 e. The molecule has 0 amide bonds. The molecule has 1 rings (SSSR count). The Bertz CT molecular complexity index is 389. The number of hydrogen-bond acceptors (Lipinski definition) is 5. The maximum atomic E-state index is 10.5. The lowest BCUT2D eigenvalue weighted by atomic mass is 10.3. The molecule has 7 heteroatoms. The van der Waals surface area contributed by atoms with E-state index in [1.165, 1.54) is 12.1 Å². The van der Waals surface area contributed by atoms with Gasteiger partial charge in [-0.25, -0.2) is 0 Å². The van der Waals surface area contributed by atoms with Gasteiger partial charge in [-0.15, -0.1) is 0 Å². The highest BCUT2D eigenvalue weighted by atomic mass is 32.2. The highest BCUT2D eigenvalue weighted by molar-refractivity contribution is 7.82. The van der Waals surface area contributed by atoms with Gasteiger partial charge in [-0.1, -0.05) is 12.1 Å². The molecule has 0 saturated carbocycles. The molecule has 72 valence electrons. The van der Waals surface area contributed by atoms with Crippen LogP contribution in [0.1, 0.15) is 0 Å². The lowest BCUT2D eigenvalue weighted by Gasteiger charge is -2.07. The van der Waals surface area contributed by atoms with Crippen molar-refractivity contribution in [3.8, 4) is 5.75 Å². The summed E-state index contributed by atoms with van der Waals surface area (Å²) in [5.74, 6) is -0.0625. The van der Waals surface area contributed by atoms with Gasteiger partial charge in [0.25, 0.3) is 0 Å². The van der Waals surface area contributed by atoms with Crippen LogP contribution in [-0.4, -0.2) is 14.0 Å². The lowest BCUT2D eigenvalue weighted by molar-refractivity contribution is 0.383. The zero-order valence-electron chi connectivity index (χ0n) is 6.43. The number of nitrogens with one attached hydrogen (secondary N) is 2. The summed E-state index contributed by atoms with van der Waals surface area (Å²) in [5.41, 5.74) is 1.89. The first kappa shape index (κ1) is 9.78. The van der Waals surface area contributed by atoms with Gasteiger partial charge in [0.05, 0.1) is 0 Å². The quantitative estimate of drug-likeness (QED) is 0.556. The highest BCUT2D eigenvalue weighted by Crippen LogP contribution is 2.23. The third-order valence-electron chi connectivity index (χ3n) is 1.21. The van der Waals surface area contributed by atoms with E-state index in [4.69, 9.17) is 14.5 Å². The zero-order valence-corrected chi connectivity index (χ0v) is 7.25. The standard InChI is InChI=1S/C6H8N2O4S/c7-13(10,11)12-6-4-2-1-3-5(6)8-9/h1-4,8-9H,(H2,7,10,11). The van der Waals surface area contributed by atoms with Crippen LogP contribution >= 0.6 is 0 Å². The number of anilines is 1. The minimum atomic E-state index is -4.06. The summed E-state index contributed by atoms with van der Waals surface area (Å²) in [6, 6.07) is 5.92. The van der Waals surface area contributed by atoms with Gasteiger partial charge in [-0.2, -0.15) is 8.99 Å². The molecule has 0 aliphatic rings. The molecule has 6 nitrogen and oxygen atoms in total. The SMILES string of the molecule is N=S(=O)(O)Oc1ccccc1NO. The second kappa shape index (κ2) is 3.60. The summed E-state index contributed by atoms with van der Waals surface area (Å²) >= 11 is 0. The van der Waals surface area contributed by atoms with E-state index in [1.807, 2.05) is 0 Å². The fraction of sp³-hybridized carbons (Fsp3) is 0. The summed E-state index contributed by atoms with van der Waals surface area (Å²) in [5, 5.41) is 8.55. The van der Waals surface area contributed by atoms with Crippen molar-refractivity contribution in [2.24, 2.45) is 0 Å². The van der Waals surface area contributed by atoms with Crippen LogP contribution in [0.3, 0.4) is 0 Å². The predicted octanol–water partition coefficient (Wildman–Crippen LogP) is 1.30. The summed E-state index contributed by atoms with van der Waals surface area (Å²) in [6.45, 7) is 0. The van der Waals surface area contributed by atoms with E-state index in [9.17, 15) is 4.21 Å². The smallest absolute Gasteiger partial charge is 0.334 e. The van der Waals surface area contributed by atoms with Crippen LogP contribution in [0.15, 0.2) is 24.3 Å². The van der Waals surface area contributed by atoms with E-state index in [2.05, 4.69) is 4.18 Å².